The molecule has 20 heavy (non-hydrogen) atoms. The zero-order chi connectivity index (χ0) is 14.1. The van der Waals surface area contributed by atoms with Crippen molar-refractivity contribution in [3.05, 3.63) is 50.6 Å². The molecule has 1 aliphatic rings. The van der Waals surface area contributed by atoms with Crippen LogP contribution < -0.4 is 5.32 Å². The van der Waals surface area contributed by atoms with Crippen molar-refractivity contribution in [2.75, 3.05) is 11.9 Å². The van der Waals surface area contributed by atoms with Crippen molar-refractivity contribution in [2.24, 2.45) is 0 Å². The van der Waals surface area contributed by atoms with Crippen LogP contribution in [0.5, 0.6) is 0 Å². The molecule has 0 saturated heterocycles. The SMILES string of the molecule is CCCN1C(=O)c2ccccc2N[C@@H]1c1ccc(Br)s1. The average molecular weight is 351 g/mol. The molecule has 0 bridgehead atoms. The number of amides is 1. The monoisotopic (exact) mass is 350 g/mol. The number of nitrogens with zero attached hydrogens (tertiary/aromatic N) is 1. The number of hydrogen-bond donors (Lipinski definition) is 1. The molecule has 0 aliphatic carbocycles. The van der Waals surface area contributed by atoms with Crippen LogP contribution in [0.3, 0.4) is 0 Å². The van der Waals surface area contributed by atoms with E-state index in [1.54, 1.807) is 11.3 Å². The normalized spacial score (nSPS) is 17.8. The smallest absolute Gasteiger partial charge is 0.257 e. The molecule has 0 spiro atoms. The van der Waals surface area contributed by atoms with Crippen LogP contribution in [0.2, 0.25) is 0 Å². The minimum atomic E-state index is -0.0753. The van der Waals surface area contributed by atoms with E-state index in [9.17, 15) is 4.79 Å². The van der Waals surface area contributed by atoms with Crippen LogP contribution >= 0.6 is 27.3 Å². The molecule has 0 fully saturated rings. The Balaban J connectivity index is 2.03. The first-order valence-electron chi connectivity index (χ1n) is 6.62. The van der Waals surface area contributed by atoms with Crippen LogP contribution in [0.25, 0.3) is 0 Å². The summed E-state index contributed by atoms with van der Waals surface area (Å²) in [7, 11) is 0. The molecule has 0 unspecified atom stereocenters. The number of thiophene rings is 1. The van der Waals surface area contributed by atoms with Gasteiger partial charge in [0.1, 0.15) is 6.17 Å². The Hall–Kier alpha value is -1.33. The molecule has 1 atom stereocenters. The highest BCUT2D eigenvalue weighted by atomic mass is 79.9. The molecule has 2 heterocycles. The lowest BCUT2D eigenvalue weighted by molar-refractivity contribution is 0.0686. The molecule has 3 rings (SSSR count). The summed E-state index contributed by atoms with van der Waals surface area (Å²) in [5, 5.41) is 3.49. The second-order valence-corrected chi connectivity index (χ2v) is 7.23. The van der Waals surface area contributed by atoms with Crippen molar-refractivity contribution in [3.63, 3.8) is 0 Å². The number of halogens is 1. The van der Waals surface area contributed by atoms with Gasteiger partial charge in [0, 0.05) is 17.1 Å². The average Bonchev–Trinajstić information content (AvgIpc) is 2.88. The fourth-order valence-corrected chi connectivity index (χ4v) is 3.95. The highest BCUT2D eigenvalue weighted by molar-refractivity contribution is 9.11. The molecule has 0 saturated carbocycles. The predicted molar refractivity (Wildman–Crippen MR) is 86.2 cm³/mol. The molecule has 0 radical (unpaired) electrons. The summed E-state index contributed by atoms with van der Waals surface area (Å²) in [6.45, 7) is 2.84. The van der Waals surface area contributed by atoms with E-state index in [1.165, 1.54) is 0 Å². The summed E-state index contributed by atoms with van der Waals surface area (Å²) >= 11 is 5.15. The van der Waals surface area contributed by atoms with Gasteiger partial charge in [-0.15, -0.1) is 11.3 Å². The van der Waals surface area contributed by atoms with E-state index in [2.05, 4.69) is 34.2 Å². The zero-order valence-corrected chi connectivity index (χ0v) is 13.5. The van der Waals surface area contributed by atoms with Gasteiger partial charge in [-0.05, 0) is 46.6 Å². The predicted octanol–water partition coefficient (Wildman–Crippen LogP) is 4.49. The van der Waals surface area contributed by atoms with E-state index in [0.717, 1.165) is 32.9 Å². The topological polar surface area (TPSA) is 32.3 Å². The molecule has 1 aliphatic heterocycles. The Kier molecular flexibility index (Phi) is 3.81. The molecule has 1 aromatic carbocycles. The number of rotatable bonds is 3. The second-order valence-electron chi connectivity index (χ2n) is 4.73. The first-order valence-corrected chi connectivity index (χ1v) is 8.23. The minimum Gasteiger partial charge on any atom is -0.360 e. The van der Waals surface area contributed by atoms with Crippen LogP contribution in [0.15, 0.2) is 40.2 Å². The van der Waals surface area contributed by atoms with Crippen LogP contribution in [-0.4, -0.2) is 17.4 Å². The van der Waals surface area contributed by atoms with Gasteiger partial charge in [0.25, 0.3) is 5.91 Å². The summed E-state index contributed by atoms with van der Waals surface area (Å²) in [6.07, 6.45) is 0.868. The zero-order valence-electron chi connectivity index (χ0n) is 11.1. The summed E-state index contributed by atoms with van der Waals surface area (Å²) in [5.74, 6) is 0.107. The van der Waals surface area contributed by atoms with E-state index in [4.69, 9.17) is 0 Å². The maximum absolute atomic E-state index is 12.7. The third-order valence-electron chi connectivity index (χ3n) is 3.35. The standard InChI is InChI=1S/C15H15BrN2OS/c1-2-9-18-14(12-7-8-13(16)20-12)17-11-6-4-3-5-10(11)15(18)19/h3-8,14,17H,2,9H2,1H3/t14-/m0/s1. The number of hydrogen-bond acceptors (Lipinski definition) is 3. The molecule has 104 valence electrons. The Morgan fingerprint density at radius 2 is 2.10 bits per heavy atom. The fourth-order valence-electron chi connectivity index (χ4n) is 2.46. The molecular weight excluding hydrogens is 336 g/mol. The Morgan fingerprint density at radius 3 is 2.80 bits per heavy atom. The number of benzene rings is 1. The van der Waals surface area contributed by atoms with Crippen molar-refractivity contribution >= 4 is 38.9 Å². The van der Waals surface area contributed by atoms with Gasteiger partial charge in [-0.1, -0.05) is 19.1 Å². The number of fused-ring (bicyclic) bond motifs is 1. The third-order valence-corrected chi connectivity index (χ3v) is 5.03. The van der Waals surface area contributed by atoms with Crippen LogP contribution in [0.1, 0.15) is 34.7 Å². The van der Waals surface area contributed by atoms with Crippen molar-refractivity contribution in [2.45, 2.75) is 19.5 Å². The van der Waals surface area contributed by atoms with Crippen LogP contribution in [-0.2, 0) is 0 Å². The Bertz CT molecular complexity index is 640. The number of nitrogens with one attached hydrogen (secondary N) is 1. The second kappa shape index (κ2) is 5.58. The number of carbonyl (C=O) groups excluding carboxylic acids is 1. The molecule has 3 nitrogen and oxygen atoms in total. The molecule has 2 aromatic rings. The van der Waals surface area contributed by atoms with Gasteiger partial charge in [-0.2, -0.15) is 0 Å². The van der Waals surface area contributed by atoms with Crippen molar-refractivity contribution in [1.29, 1.82) is 0 Å². The van der Waals surface area contributed by atoms with E-state index in [1.807, 2.05) is 35.2 Å². The maximum atomic E-state index is 12.7. The Labute approximate surface area is 130 Å². The third kappa shape index (κ3) is 2.36. The molecular formula is C15H15BrN2OS. The van der Waals surface area contributed by atoms with Crippen LogP contribution in [0, 0.1) is 0 Å². The number of carbonyl (C=O) groups is 1. The van der Waals surface area contributed by atoms with Crippen LogP contribution in [0.4, 0.5) is 5.69 Å². The highest BCUT2D eigenvalue weighted by Gasteiger charge is 2.32. The van der Waals surface area contributed by atoms with Crippen molar-refractivity contribution < 1.29 is 4.79 Å². The summed E-state index contributed by atoms with van der Waals surface area (Å²) in [4.78, 5) is 15.7. The van der Waals surface area contributed by atoms with Gasteiger partial charge in [-0.3, -0.25) is 4.79 Å². The molecule has 1 amide bonds. The first kappa shape index (κ1) is 13.6. The quantitative estimate of drug-likeness (QED) is 0.884. The van der Waals surface area contributed by atoms with Gasteiger partial charge < -0.3 is 10.2 Å². The molecule has 1 aromatic heterocycles. The number of para-hydroxylation sites is 1. The van der Waals surface area contributed by atoms with Gasteiger partial charge in [0.2, 0.25) is 0 Å². The summed E-state index contributed by atoms with van der Waals surface area (Å²) in [6, 6.07) is 11.8. The van der Waals surface area contributed by atoms with E-state index >= 15 is 0 Å². The lowest BCUT2D eigenvalue weighted by atomic mass is 10.1. The molecule has 1 N–H and O–H groups in total. The van der Waals surface area contributed by atoms with E-state index in [0.29, 0.717) is 0 Å². The first-order chi connectivity index (χ1) is 9.70. The number of anilines is 1. The maximum Gasteiger partial charge on any atom is 0.257 e. The van der Waals surface area contributed by atoms with Gasteiger partial charge in [-0.25, -0.2) is 0 Å². The van der Waals surface area contributed by atoms with Gasteiger partial charge in [0.15, 0.2) is 0 Å². The van der Waals surface area contributed by atoms with Crippen molar-refractivity contribution in [1.82, 2.24) is 4.90 Å². The highest BCUT2D eigenvalue weighted by Crippen LogP contribution is 2.36. The minimum absolute atomic E-state index is 0.0753. The van der Waals surface area contributed by atoms with E-state index < -0.39 is 0 Å². The lowest BCUT2D eigenvalue weighted by Gasteiger charge is -2.37. The summed E-state index contributed by atoms with van der Waals surface area (Å²) < 4.78 is 1.08. The van der Waals surface area contributed by atoms with E-state index in [-0.39, 0.29) is 12.1 Å². The molecule has 5 heteroatoms. The van der Waals surface area contributed by atoms with Crippen molar-refractivity contribution in [3.8, 4) is 0 Å². The summed E-state index contributed by atoms with van der Waals surface area (Å²) in [5.41, 5.74) is 1.67. The lowest BCUT2D eigenvalue weighted by Crippen LogP contribution is -2.42. The Morgan fingerprint density at radius 1 is 1.30 bits per heavy atom. The largest absolute Gasteiger partial charge is 0.360 e. The van der Waals surface area contributed by atoms with Gasteiger partial charge >= 0.3 is 0 Å². The fraction of sp³-hybridized carbons (Fsp3) is 0.267. The van der Waals surface area contributed by atoms with Gasteiger partial charge in [0.05, 0.1) is 9.35 Å².